The van der Waals surface area contributed by atoms with Crippen molar-refractivity contribution in [2.24, 2.45) is 0 Å². The van der Waals surface area contributed by atoms with E-state index < -0.39 is 0 Å². The van der Waals surface area contributed by atoms with E-state index in [1.165, 1.54) is 11.1 Å². The normalized spacial score (nSPS) is 16.0. The zero-order chi connectivity index (χ0) is 19.1. The summed E-state index contributed by atoms with van der Waals surface area (Å²) in [6, 6.07) is 18.8. The molecule has 0 amide bonds. The first-order valence-corrected chi connectivity index (χ1v) is 9.41. The van der Waals surface area contributed by atoms with E-state index in [-0.39, 0.29) is 11.9 Å². The van der Waals surface area contributed by atoms with Gasteiger partial charge in [0, 0.05) is 5.56 Å². The van der Waals surface area contributed by atoms with Crippen molar-refractivity contribution in [1.29, 1.82) is 0 Å². The number of hydrogen-bond acceptors (Lipinski definition) is 2. The zero-order valence-corrected chi connectivity index (χ0v) is 16.3. The number of rotatable bonds is 2. The summed E-state index contributed by atoms with van der Waals surface area (Å²) in [5.74, 6) is 0.894. The highest BCUT2D eigenvalue weighted by molar-refractivity contribution is 6.04. The molecule has 0 bridgehead atoms. The molecule has 0 aliphatic carbocycles. The second-order valence-corrected chi connectivity index (χ2v) is 7.60. The summed E-state index contributed by atoms with van der Waals surface area (Å²) in [6.45, 7) is 8.23. The minimum absolute atomic E-state index is 0.160. The first kappa shape index (κ1) is 17.5. The van der Waals surface area contributed by atoms with E-state index in [0.717, 1.165) is 39.1 Å². The summed E-state index contributed by atoms with van der Waals surface area (Å²) in [6.07, 6.45) is 0.142. The van der Waals surface area contributed by atoms with Gasteiger partial charge < -0.3 is 4.74 Å². The van der Waals surface area contributed by atoms with Crippen LogP contribution in [-0.2, 0) is 0 Å². The molecular formula is C25H24O2. The Morgan fingerprint density at radius 2 is 1.33 bits per heavy atom. The number of ether oxygens (including phenoxy) is 1. The molecule has 1 unspecified atom stereocenters. The van der Waals surface area contributed by atoms with Gasteiger partial charge in [0.2, 0.25) is 0 Å². The minimum Gasteiger partial charge on any atom is -0.484 e. The van der Waals surface area contributed by atoms with E-state index in [0.29, 0.717) is 6.42 Å². The average molecular weight is 356 g/mol. The van der Waals surface area contributed by atoms with Crippen LogP contribution in [0.5, 0.6) is 5.75 Å². The standard InChI is InChI=1S/C25H24O2/c1-15-5-9-19(10-6-15)22-14-21(26)24-18(4)13-17(3)23(25(24)27-22)20-11-7-16(2)8-12-20/h5-13,22H,14H2,1-4H3. The van der Waals surface area contributed by atoms with Gasteiger partial charge in [0.15, 0.2) is 5.78 Å². The number of Topliss-reactive ketones (excluding diaryl/α,β-unsaturated/α-hetero) is 1. The third kappa shape index (κ3) is 3.16. The van der Waals surface area contributed by atoms with Crippen LogP contribution in [0.25, 0.3) is 11.1 Å². The van der Waals surface area contributed by atoms with Gasteiger partial charge >= 0.3 is 0 Å². The Morgan fingerprint density at radius 1 is 0.778 bits per heavy atom. The monoisotopic (exact) mass is 356 g/mol. The van der Waals surface area contributed by atoms with Gasteiger partial charge in [-0.25, -0.2) is 0 Å². The van der Waals surface area contributed by atoms with Gasteiger partial charge in [-0.15, -0.1) is 0 Å². The SMILES string of the molecule is Cc1ccc(-c2c(C)cc(C)c3c2OC(c2ccc(C)cc2)CC3=O)cc1. The predicted octanol–water partition coefficient (Wildman–Crippen LogP) is 6.29. The highest BCUT2D eigenvalue weighted by Gasteiger charge is 2.32. The smallest absolute Gasteiger partial charge is 0.170 e. The molecule has 1 aliphatic rings. The molecule has 2 heteroatoms. The van der Waals surface area contributed by atoms with Gasteiger partial charge in [-0.1, -0.05) is 65.7 Å². The molecule has 0 aromatic heterocycles. The summed E-state index contributed by atoms with van der Waals surface area (Å²) in [5, 5.41) is 0. The molecule has 1 heterocycles. The second kappa shape index (κ2) is 6.70. The summed E-state index contributed by atoms with van der Waals surface area (Å²) < 4.78 is 6.48. The van der Waals surface area contributed by atoms with Crippen LogP contribution in [0.15, 0.2) is 54.6 Å². The molecule has 0 saturated carbocycles. The first-order valence-electron chi connectivity index (χ1n) is 9.41. The fourth-order valence-electron chi connectivity index (χ4n) is 3.92. The van der Waals surface area contributed by atoms with Gasteiger partial charge in [0.05, 0.1) is 12.0 Å². The van der Waals surface area contributed by atoms with Crippen LogP contribution in [0.3, 0.4) is 0 Å². The van der Waals surface area contributed by atoms with Crippen molar-refractivity contribution in [2.45, 2.75) is 40.2 Å². The van der Waals surface area contributed by atoms with Crippen LogP contribution in [0, 0.1) is 27.7 Å². The number of benzene rings is 3. The lowest BCUT2D eigenvalue weighted by molar-refractivity contribution is 0.0850. The maximum Gasteiger partial charge on any atom is 0.170 e. The Kier molecular flexibility index (Phi) is 4.35. The van der Waals surface area contributed by atoms with Gasteiger partial charge in [-0.3, -0.25) is 4.79 Å². The zero-order valence-electron chi connectivity index (χ0n) is 16.3. The van der Waals surface area contributed by atoms with Gasteiger partial charge in [-0.05, 0) is 49.9 Å². The summed E-state index contributed by atoms with van der Waals surface area (Å²) >= 11 is 0. The number of ketones is 1. The molecule has 0 radical (unpaired) electrons. The molecule has 0 spiro atoms. The van der Waals surface area contributed by atoms with E-state index in [2.05, 4.69) is 75.4 Å². The van der Waals surface area contributed by atoms with Crippen molar-refractivity contribution in [1.82, 2.24) is 0 Å². The molecule has 0 fully saturated rings. The quantitative estimate of drug-likeness (QED) is 0.539. The van der Waals surface area contributed by atoms with Crippen molar-refractivity contribution < 1.29 is 9.53 Å². The fraction of sp³-hybridized carbons (Fsp3) is 0.240. The van der Waals surface area contributed by atoms with E-state index in [4.69, 9.17) is 4.74 Å². The van der Waals surface area contributed by atoms with Crippen LogP contribution in [-0.4, -0.2) is 5.78 Å². The second-order valence-electron chi connectivity index (χ2n) is 7.60. The first-order chi connectivity index (χ1) is 12.9. The van der Waals surface area contributed by atoms with E-state index >= 15 is 0 Å². The largest absolute Gasteiger partial charge is 0.484 e. The maximum absolute atomic E-state index is 13.0. The summed E-state index contributed by atoms with van der Waals surface area (Å²) in [4.78, 5) is 13.0. The lowest BCUT2D eigenvalue weighted by Crippen LogP contribution is -2.22. The van der Waals surface area contributed by atoms with Gasteiger partial charge in [-0.2, -0.15) is 0 Å². The van der Waals surface area contributed by atoms with Crippen LogP contribution < -0.4 is 4.74 Å². The van der Waals surface area contributed by atoms with E-state index in [1.54, 1.807) is 0 Å². The highest BCUT2D eigenvalue weighted by atomic mass is 16.5. The Bertz CT molecular complexity index is 1010. The number of fused-ring (bicyclic) bond motifs is 1. The third-order valence-corrected chi connectivity index (χ3v) is 5.37. The van der Waals surface area contributed by atoms with Crippen molar-refractivity contribution in [3.63, 3.8) is 0 Å². The van der Waals surface area contributed by atoms with Crippen LogP contribution >= 0.6 is 0 Å². The molecule has 0 N–H and O–H groups in total. The Morgan fingerprint density at radius 3 is 1.96 bits per heavy atom. The molecule has 27 heavy (non-hydrogen) atoms. The number of aryl methyl sites for hydroxylation is 4. The maximum atomic E-state index is 13.0. The number of carbonyl (C=O) groups excluding carboxylic acids is 1. The van der Waals surface area contributed by atoms with Crippen molar-refractivity contribution in [3.05, 3.63) is 88.0 Å². The topological polar surface area (TPSA) is 26.3 Å². The summed E-state index contributed by atoms with van der Waals surface area (Å²) in [5.41, 5.74) is 8.44. The minimum atomic E-state index is -0.240. The van der Waals surface area contributed by atoms with Crippen LogP contribution in [0.2, 0.25) is 0 Å². The molecule has 136 valence electrons. The Labute approximate surface area is 160 Å². The molecule has 3 aromatic carbocycles. The van der Waals surface area contributed by atoms with Crippen LogP contribution in [0.1, 0.15) is 50.7 Å². The molecule has 4 rings (SSSR count). The fourth-order valence-corrected chi connectivity index (χ4v) is 3.92. The predicted molar refractivity (Wildman–Crippen MR) is 110 cm³/mol. The van der Waals surface area contributed by atoms with E-state index in [1.807, 2.05) is 6.92 Å². The van der Waals surface area contributed by atoms with Crippen LogP contribution in [0.4, 0.5) is 0 Å². The Balaban J connectivity index is 1.87. The van der Waals surface area contributed by atoms with Gasteiger partial charge in [0.1, 0.15) is 11.9 Å². The lowest BCUT2D eigenvalue weighted by atomic mass is 9.87. The van der Waals surface area contributed by atoms with Crippen molar-refractivity contribution in [2.75, 3.05) is 0 Å². The molecular weight excluding hydrogens is 332 g/mol. The lowest BCUT2D eigenvalue weighted by Gasteiger charge is -2.29. The van der Waals surface area contributed by atoms with Gasteiger partial charge in [0.25, 0.3) is 0 Å². The number of carbonyl (C=O) groups is 1. The van der Waals surface area contributed by atoms with Crippen molar-refractivity contribution in [3.8, 4) is 16.9 Å². The molecule has 1 aliphatic heterocycles. The number of hydrogen-bond donors (Lipinski definition) is 0. The average Bonchev–Trinajstić information content (AvgIpc) is 2.63. The third-order valence-electron chi connectivity index (χ3n) is 5.37. The van der Waals surface area contributed by atoms with Crippen molar-refractivity contribution >= 4 is 5.78 Å². The van der Waals surface area contributed by atoms with E-state index in [9.17, 15) is 4.79 Å². The molecule has 1 atom stereocenters. The molecule has 0 saturated heterocycles. The highest BCUT2D eigenvalue weighted by Crippen LogP contribution is 2.44. The Hall–Kier alpha value is -2.87. The summed E-state index contributed by atoms with van der Waals surface area (Å²) in [7, 11) is 0. The molecule has 2 nitrogen and oxygen atoms in total. The molecule has 3 aromatic rings.